The van der Waals surface area contributed by atoms with Gasteiger partial charge in [-0.2, -0.15) is 5.10 Å². The molecule has 5 heteroatoms. The molecule has 0 bridgehead atoms. The maximum absolute atomic E-state index is 5.62. The smallest absolute Gasteiger partial charge is 0.138 e. The number of benzene rings is 1. The van der Waals surface area contributed by atoms with E-state index in [9.17, 15) is 0 Å². The SMILES string of the molecule is Cc1ccc(C(C)Nc2ccc(-n3cncn3)cc2)o1. The van der Waals surface area contributed by atoms with E-state index in [2.05, 4.69) is 22.3 Å². The van der Waals surface area contributed by atoms with Crippen LogP contribution in [0.4, 0.5) is 5.69 Å². The van der Waals surface area contributed by atoms with E-state index in [-0.39, 0.29) is 6.04 Å². The van der Waals surface area contributed by atoms with E-state index in [1.165, 1.54) is 6.33 Å². The monoisotopic (exact) mass is 268 g/mol. The number of hydrogen-bond donors (Lipinski definition) is 1. The Bertz CT molecular complexity index is 670. The molecule has 0 fully saturated rings. The van der Waals surface area contributed by atoms with Crippen LogP contribution in [0.1, 0.15) is 24.5 Å². The zero-order valence-corrected chi connectivity index (χ0v) is 11.4. The summed E-state index contributed by atoms with van der Waals surface area (Å²) in [5.74, 6) is 1.86. The summed E-state index contributed by atoms with van der Waals surface area (Å²) in [6.07, 6.45) is 3.20. The summed E-state index contributed by atoms with van der Waals surface area (Å²) in [5, 5.41) is 7.50. The van der Waals surface area contributed by atoms with Crippen LogP contribution in [0.3, 0.4) is 0 Å². The summed E-state index contributed by atoms with van der Waals surface area (Å²) < 4.78 is 7.34. The van der Waals surface area contributed by atoms with Gasteiger partial charge in [0.25, 0.3) is 0 Å². The van der Waals surface area contributed by atoms with Gasteiger partial charge >= 0.3 is 0 Å². The van der Waals surface area contributed by atoms with Gasteiger partial charge in [-0.05, 0) is 50.2 Å². The molecule has 0 aliphatic rings. The van der Waals surface area contributed by atoms with Crippen molar-refractivity contribution in [3.05, 3.63) is 60.6 Å². The van der Waals surface area contributed by atoms with Gasteiger partial charge in [-0.1, -0.05) is 0 Å². The highest BCUT2D eigenvalue weighted by Gasteiger charge is 2.09. The summed E-state index contributed by atoms with van der Waals surface area (Å²) in [5.41, 5.74) is 2.02. The Balaban J connectivity index is 1.72. The molecule has 0 aliphatic carbocycles. The summed E-state index contributed by atoms with van der Waals surface area (Å²) in [6, 6.07) is 12.1. The van der Waals surface area contributed by atoms with Gasteiger partial charge in [-0.3, -0.25) is 0 Å². The Morgan fingerprint density at radius 3 is 2.55 bits per heavy atom. The molecule has 1 unspecified atom stereocenters. The second-order valence-corrected chi connectivity index (χ2v) is 4.70. The average Bonchev–Trinajstić information content (AvgIpc) is 3.10. The van der Waals surface area contributed by atoms with E-state index < -0.39 is 0 Å². The topological polar surface area (TPSA) is 55.9 Å². The molecule has 0 radical (unpaired) electrons. The molecule has 3 rings (SSSR count). The van der Waals surface area contributed by atoms with Crippen molar-refractivity contribution in [2.45, 2.75) is 19.9 Å². The van der Waals surface area contributed by atoms with E-state index in [1.807, 2.05) is 43.3 Å². The average molecular weight is 268 g/mol. The highest BCUT2D eigenvalue weighted by Crippen LogP contribution is 2.21. The van der Waals surface area contributed by atoms with Gasteiger partial charge in [0.15, 0.2) is 0 Å². The van der Waals surface area contributed by atoms with E-state index >= 15 is 0 Å². The molecule has 1 atom stereocenters. The van der Waals surface area contributed by atoms with Gasteiger partial charge < -0.3 is 9.73 Å². The van der Waals surface area contributed by atoms with Crippen LogP contribution in [-0.4, -0.2) is 14.8 Å². The van der Waals surface area contributed by atoms with Crippen molar-refractivity contribution >= 4 is 5.69 Å². The van der Waals surface area contributed by atoms with Crippen molar-refractivity contribution < 1.29 is 4.42 Å². The number of nitrogens with one attached hydrogen (secondary N) is 1. The molecule has 0 saturated carbocycles. The molecule has 102 valence electrons. The van der Waals surface area contributed by atoms with Crippen LogP contribution in [0, 0.1) is 6.92 Å². The van der Waals surface area contributed by atoms with Gasteiger partial charge in [0, 0.05) is 5.69 Å². The Morgan fingerprint density at radius 1 is 1.15 bits per heavy atom. The number of aromatic nitrogens is 3. The second kappa shape index (κ2) is 5.21. The molecule has 1 N–H and O–H groups in total. The van der Waals surface area contributed by atoms with Crippen LogP contribution in [0.2, 0.25) is 0 Å². The molecule has 0 saturated heterocycles. The van der Waals surface area contributed by atoms with E-state index in [0.29, 0.717) is 0 Å². The summed E-state index contributed by atoms with van der Waals surface area (Å²) in [6.45, 7) is 4.02. The lowest BCUT2D eigenvalue weighted by Crippen LogP contribution is -2.05. The second-order valence-electron chi connectivity index (χ2n) is 4.70. The Hall–Kier alpha value is -2.56. The summed E-state index contributed by atoms with van der Waals surface area (Å²) in [7, 11) is 0. The highest BCUT2D eigenvalue weighted by molar-refractivity contribution is 5.49. The zero-order valence-electron chi connectivity index (χ0n) is 11.4. The van der Waals surface area contributed by atoms with E-state index in [1.54, 1.807) is 11.0 Å². The van der Waals surface area contributed by atoms with Crippen molar-refractivity contribution in [1.82, 2.24) is 14.8 Å². The zero-order chi connectivity index (χ0) is 13.9. The predicted molar refractivity (Wildman–Crippen MR) is 76.8 cm³/mol. The highest BCUT2D eigenvalue weighted by atomic mass is 16.3. The van der Waals surface area contributed by atoms with Crippen LogP contribution < -0.4 is 5.32 Å². The molecular weight excluding hydrogens is 252 g/mol. The minimum absolute atomic E-state index is 0.126. The molecule has 20 heavy (non-hydrogen) atoms. The fourth-order valence-electron chi connectivity index (χ4n) is 2.06. The Morgan fingerprint density at radius 2 is 1.95 bits per heavy atom. The molecule has 5 nitrogen and oxygen atoms in total. The number of hydrogen-bond acceptors (Lipinski definition) is 4. The van der Waals surface area contributed by atoms with Crippen LogP contribution in [0.15, 0.2) is 53.5 Å². The first kappa shape index (κ1) is 12.5. The molecule has 1 aromatic carbocycles. The third-order valence-corrected chi connectivity index (χ3v) is 3.12. The maximum atomic E-state index is 5.62. The van der Waals surface area contributed by atoms with Crippen LogP contribution in [0.25, 0.3) is 5.69 Å². The number of furan rings is 1. The number of aryl methyl sites for hydroxylation is 1. The molecule has 2 aromatic heterocycles. The fraction of sp³-hybridized carbons (Fsp3) is 0.200. The normalized spacial score (nSPS) is 12.3. The van der Waals surface area contributed by atoms with Crippen molar-refractivity contribution in [1.29, 1.82) is 0 Å². The fourth-order valence-corrected chi connectivity index (χ4v) is 2.06. The minimum atomic E-state index is 0.126. The maximum Gasteiger partial charge on any atom is 0.138 e. The Kier molecular flexibility index (Phi) is 3.25. The predicted octanol–water partition coefficient (Wildman–Crippen LogP) is 3.34. The van der Waals surface area contributed by atoms with Gasteiger partial charge in [-0.25, -0.2) is 9.67 Å². The Labute approximate surface area is 117 Å². The molecule has 2 heterocycles. The van der Waals surface area contributed by atoms with E-state index in [4.69, 9.17) is 4.42 Å². The summed E-state index contributed by atoms with van der Waals surface area (Å²) >= 11 is 0. The number of anilines is 1. The molecule has 0 spiro atoms. The van der Waals surface area contributed by atoms with Crippen molar-refractivity contribution in [2.24, 2.45) is 0 Å². The molecule has 0 aliphatic heterocycles. The first-order chi connectivity index (χ1) is 9.72. The largest absolute Gasteiger partial charge is 0.464 e. The third kappa shape index (κ3) is 2.56. The van der Waals surface area contributed by atoms with E-state index in [0.717, 1.165) is 22.9 Å². The van der Waals surface area contributed by atoms with Gasteiger partial charge in [0.05, 0.1) is 11.7 Å². The third-order valence-electron chi connectivity index (χ3n) is 3.12. The van der Waals surface area contributed by atoms with Gasteiger partial charge in [0.1, 0.15) is 24.2 Å². The first-order valence-electron chi connectivity index (χ1n) is 6.50. The standard InChI is InChI=1S/C15H16N4O/c1-11-3-8-15(20-11)12(2)18-13-4-6-14(7-5-13)19-10-16-9-17-19/h3-10,12,18H,1-2H3. The van der Waals surface area contributed by atoms with Crippen molar-refractivity contribution in [3.63, 3.8) is 0 Å². The molecule has 0 amide bonds. The van der Waals surface area contributed by atoms with Gasteiger partial charge in [0.2, 0.25) is 0 Å². The summed E-state index contributed by atoms with van der Waals surface area (Å²) in [4.78, 5) is 3.94. The van der Waals surface area contributed by atoms with Crippen LogP contribution in [0.5, 0.6) is 0 Å². The number of rotatable bonds is 4. The van der Waals surface area contributed by atoms with Crippen LogP contribution in [-0.2, 0) is 0 Å². The van der Waals surface area contributed by atoms with Gasteiger partial charge in [-0.15, -0.1) is 0 Å². The lowest BCUT2D eigenvalue weighted by atomic mass is 10.2. The molecular formula is C15H16N4O. The molecule has 3 aromatic rings. The first-order valence-corrected chi connectivity index (χ1v) is 6.50. The van der Waals surface area contributed by atoms with Crippen molar-refractivity contribution in [3.8, 4) is 5.69 Å². The minimum Gasteiger partial charge on any atom is -0.464 e. The quantitative estimate of drug-likeness (QED) is 0.788. The number of nitrogens with zero attached hydrogens (tertiary/aromatic N) is 3. The van der Waals surface area contributed by atoms with Crippen LogP contribution >= 0.6 is 0 Å². The lowest BCUT2D eigenvalue weighted by molar-refractivity contribution is 0.467. The lowest BCUT2D eigenvalue weighted by Gasteiger charge is -2.13. The van der Waals surface area contributed by atoms with Crippen molar-refractivity contribution in [2.75, 3.05) is 5.32 Å².